The fourth-order valence-corrected chi connectivity index (χ4v) is 1.78. The molecule has 2 heterocycles. The molecular weight excluding hydrogens is 242 g/mol. The molecule has 0 spiro atoms. The molecule has 1 fully saturated rings. The van der Waals surface area contributed by atoms with Gasteiger partial charge in [0.1, 0.15) is 5.82 Å². The highest BCUT2D eigenvalue weighted by molar-refractivity contribution is 5.44. The van der Waals surface area contributed by atoms with Crippen LogP contribution < -0.4 is 10.2 Å². The van der Waals surface area contributed by atoms with Gasteiger partial charge in [0.05, 0.1) is 19.3 Å². The van der Waals surface area contributed by atoms with Gasteiger partial charge in [-0.2, -0.15) is 4.98 Å². The van der Waals surface area contributed by atoms with Gasteiger partial charge in [0.25, 0.3) is 0 Å². The van der Waals surface area contributed by atoms with Crippen molar-refractivity contribution < 1.29 is 4.74 Å². The average Bonchev–Trinajstić information content (AvgIpc) is 2.30. The molecule has 1 aliphatic rings. The van der Waals surface area contributed by atoms with Crippen molar-refractivity contribution >= 4 is 11.8 Å². The fraction of sp³-hybridized carbons (Fsp3) is 0.692. The van der Waals surface area contributed by atoms with Crippen molar-refractivity contribution in [2.45, 2.75) is 13.0 Å². The molecule has 19 heavy (non-hydrogen) atoms. The first-order chi connectivity index (χ1) is 9.04. The van der Waals surface area contributed by atoms with Crippen molar-refractivity contribution in [3.05, 3.63) is 11.8 Å². The third kappa shape index (κ3) is 4.04. The first-order valence-electron chi connectivity index (χ1n) is 6.60. The maximum Gasteiger partial charge on any atom is 0.227 e. The number of anilines is 2. The summed E-state index contributed by atoms with van der Waals surface area (Å²) in [4.78, 5) is 13.3. The molecule has 6 heteroatoms. The minimum atomic E-state index is 0.384. The Hall–Kier alpha value is -1.40. The quantitative estimate of drug-likeness (QED) is 0.812. The van der Waals surface area contributed by atoms with Gasteiger partial charge in [-0.1, -0.05) is 0 Å². The van der Waals surface area contributed by atoms with Crippen LogP contribution in [0.4, 0.5) is 11.8 Å². The van der Waals surface area contributed by atoms with E-state index in [1.54, 1.807) is 0 Å². The Bertz CT molecular complexity index is 419. The van der Waals surface area contributed by atoms with Gasteiger partial charge in [-0.05, 0) is 21.0 Å². The zero-order valence-corrected chi connectivity index (χ0v) is 12.2. The van der Waals surface area contributed by atoms with E-state index >= 15 is 0 Å². The van der Waals surface area contributed by atoms with Crippen LogP contribution in [0.2, 0.25) is 0 Å². The average molecular weight is 265 g/mol. The molecule has 0 saturated carbocycles. The third-order valence-corrected chi connectivity index (χ3v) is 3.06. The molecule has 0 radical (unpaired) electrons. The summed E-state index contributed by atoms with van der Waals surface area (Å²) in [7, 11) is 6.15. The molecule has 106 valence electrons. The molecule has 1 aromatic rings. The maximum atomic E-state index is 5.16. The van der Waals surface area contributed by atoms with Crippen LogP contribution in [0.5, 0.6) is 0 Å². The van der Waals surface area contributed by atoms with E-state index in [9.17, 15) is 0 Å². The number of aryl methyl sites for hydroxylation is 1. The molecule has 0 amide bonds. The van der Waals surface area contributed by atoms with E-state index in [1.165, 1.54) is 0 Å². The lowest BCUT2D eigenvalue weighted by Crippen LogP contribution is -2.40. The molecule has 0 aromatic carbocycles. The monoisotopic (exact) mass is 265 g/mol. The van der Waals surface area contributed by atoms with E-state index in [0.717, 1.165) is 43.8 Å². The normalized spacial score (nSPS) is 15.4. The lowest BCUT2D eigenvalue weighted by Gasteiger charge is -2.28. The van der Waals surface area contributed by atoms with Crippen LogP contribution in [0.3, 0.4) is 0 Å². The Morgan fingerprint density at radius 1 is 1.26 bits per heavy atom. The summed E-state index contributed by atoms with van der Waals surface area (Å²) in [5.41, 5.74) is 0.976. The van der Waals surface area contributed by atoms with Gasteiger partial charge in [-0.3, -0.25) is 0 Å². The molecule has 2 rings (SSSR count). The number of nitrogens with zero attached hydrogens (tertiary/aromatic N) is 4. The summed E-state index contributed by atoms with van der Waals surface area (Å²) in [6.45, 7) is 5.40. The second-order valence-electron chi connectivity index (χ2n) is 5.30. The highest BCUT2D eigenvalue weighted by Crippen LogP contribution is 2.15. The summed E-state index contributed by atoms with van der Waals surface area (Å²) in [6.07, 6.45) is 0. The molecule has 1 aliphatic heterocycles. The van der Waals surface area contributed by atoms with Crippen molar-refractivity contribution in [1.29, 1.82) is 0 Å². The summed E-state index contributed by atoms with van der Waals surface area (Å²) >= 11 is 0. The zero-order chi connectivity index (χ0) is 13.8. The highest BCUT2D eigenvalue weighted by Gasteiger charge is 2.19. The van der Waals surface area contributed by atoms with Crippen molar-refractivity contribution in [3.8, 4) is 0 Å². The van der Waals surface area contributed by atoms with E-state index in [0.29, 0.717) is 6.04 Å². The SMILES string of the molecule is Cc1cc(NC2COC2)nc(N(C)CCN(C)C)n1. The maximum absolute atomic E-state index is 5.16. The minimum Gasteiger partial charge on any atom is -0.377 e. The first kappa shape index (κ1) is 14.0. The van der Waals surface area contributed by atoms with Crippen molar-refractivity contribution in [1.82, 2.24) is 14.9 Å². The predicted molar refractivity (Wildman–Crippen MR) is 76.8 cm³/mol. The van der Waals surface area contributed by atoms with Crippen LogP contribution in [-0.2, 0) is 4.74 Å². The van der Waals surface area contributed by atoms with Crippen LogP contribution in [0.15, 0.2) is 6.07 Å². The van der Waals surface area contributed by atoms with Crippen LogP contribution in [0.1, 0.15) is 5.69 Å². The number of aromatic nitrogens is 2. The zero-order valence-electron chi connectivity index (χ0n) is 12.2. The molecular formula is C13H23N5O. The van der Waals surface area contributed by atoms with Crippen molar-refractivity contribution in [3.63, 3.8) is 0 Å². The molecule has 1 aromatic heterocycles. The van der Waals surface area contributed by atoms with Crippen LogP contribution >= 0.6 is 0 Å². The van der Waals surface area contributed by atoms with E-state index < -0.39 is 0 Å². The standard InChI is InChI=1S/C13H23N5O/c1-10-7-12(15-11-8-19-9-11)16-13(14-10)18(4)6-5-17(2)3/h7,11H,5-6,8-9H2,1-4H3,(H,14,15,16). The number of hydrogen-bond acceptors (Lipinski definition) is 6. The molecule has 1 saturated heterocycles. The minimum absolute atomic E-state index is 0.384. The van der Waals surface area contributed by atoms with Crippen molar-refractivity contribution in [2.75, 3.05) is 57.7 Å². The summed E-state index contributed by atoms with van der Waals surface area (Å²) in [5.74, 6) is 1.65. The number of ether oxygens (including phenoxy) is 1. The summed E-state index contributed by atoms with van der Waals surface area (Å²) in [6, 6.07) is 2.36. The van der Waals surface area contributed by atoms with E-state index in [-0.39, 0.29) is 0 Å². The second kappa shape index (κ2) is 6.16. The van der Waals surface area contributed by atoms with Crippen LogP contribution in [0.25, 0.3) is 0 Å². The third-order valence-electron chi connectivity index (χ3n) is 3.06. The van der Waals surface area contributed by atoms with Gasteiger partial charge >= 0.3 is 0 Å². The Labute approximate surface area is 114 Å². The molecule has 0 atom stereocenters. The van der Waals surface area contributed by atoms with E-state index in [1.807, 2.05) is 20.0 Å². The Morgan fingerprint density at radius 3 is 2.58 bits per heavy atom. The number of likely N-dealkylation sites (N-methyl/N-ethyl adjacent to an activating group) is 2. The Morgan fingerprint density at radius 2 is 2.00 bits per heavy atom. The molecule has 0 unspecified atom stereocenters. The Kier molecular flexibility index (Phi) is 4.55. The number of rotatable bonds is 6. The molecule has 6 nitrogen and oxygen atoms in total. The molecule has 0 bridgehead atoms. The van der Waals surface area contributed by atoms with Crippen LogP contribution in [-0.4, -0.2) is 68.4 Å². The smallest absolute Gasteiger partial charge is 0.227 e. The number of nitrogens with one attached hydrogen (secondary N) is 1. The number of hydrogen-bond donors (Lipinski definition) is 1. The molecule has 1 N–H and O–H groups in total. The largest absolute Gasteiger partial charge is 0.377 e. The van der Waals surface area contributed by atoms with Gasteiger partial charge in [0.2, 0.25) is 5.95 Å². The van der Waals surface area contributed by atoms with Gasteiger partial charge in [0, 0.05) is 31.9 Å². The van der Waals surface area contributed by atoms with Crippen molar-refractivity contribution in [2.24, 2.45) is 0 Å². The van der Waals surface area contributed by atoms with Gasteiger partial charge in [0.15, 0.2) is 0 Å². The summed E-state index contributed by atoms with van der Waals surface area (Å²) < 4.78 is 5.16. The Balaban J connectivity index is 2.02. The second-order valence-corrected chi connectivity index (χ2v) is 5.30. The van der Waals surface area contributed by atoms with E-state index in [4.69, 9.17) is 4.74 Å². The topological polar surface area (TPSA) is 53.5 Å². The molecule has 0 aliphatic carbocycles. The predicted octanol–water partition coefficient (Wildman–Crippen LogP) is 0.594. The van der Waals surface area contributed by atoms with Gasteiger partial charge in [-0.15, -0.1) is 0 Å². The van der Waals surface area contributed by atoms with Gasteiger partial charge < -0.3 is 19.9 Å². The summed E-state index contributed by atoms with van der Waals surface area (Å²) in [5, 5.41) is 3.37. The fourth-order valence-electron chi connectivity index (χ4n) is 1.78. The first-order valence-corrected chi connectivity index (χ1v) is 6.60. The van der Waals surface area contributed by atoms with Crippen LogP contribution in [0, 0.1) is 6.92 Å². The highest BCUT2D eigenvalue weighted by atomic mass is 16.5. The lowest BCUT2D eigenvalue weighted by molar-refractivity contribution is 0.0209. The van der Waals surface area contributed by atoms with E-state index in [2.05, 4.69) is 39.2 Å². The van der Waals surface area contributed by atoms with Gasteiger partial charge in [-0.25, -0.2) is 4.98 Å². The lowest BCUT2D eigenvalue weighted by atomic mass is 10.2.